The predicted octanol–water partition coefficient (Wildman–Crippen LogP) is 4.70. The second kappa shape index (κ2) is 8.22. The van der Waals surface area contributed by atoms with E-state index in [-0.39, 0.29) is 11.9 Å². The highest BCUT2D eigenvalue weighted by atomic mass is 32.2. The van der Waals surface area contributed by atoms with Gasteiger partial charge in [0.1, 0.15) is 5.60 Å². The fourth-order valence-electron chi connectivity index (χ4n) is 3.09. The molecule has 0 aliphatic carbocycles. The number of aromatic nitrogens is 1. The van der Waals surface area contributed by atoms with Crippen LogP contribution in [0.15, 0.2) is 41.6 Å². The lowest BCUT2D eigenvalue weighted by atomic mass is 9.97. The van der Waals surface area contributed by atoms with Crippen LogP contribution in [0.3, 0.4) is 0 Å². The van der Waals surface area contributed by atoms with Crippen molar-refractivity contribution < 1.29 is 14.3 Å². The van der Waals surface area contributed by atoms with E-state index in [4.69, 9.17) is 4.74 Å². The number of nitrogens with zero attached hydrogens (tertiary/aromatic N) is 1. The summed E-state index contributed by atoms with van der Waals surface area (Å²) in [5, 5.41) is 5.86. The number of carbonyl (C=O) groups excluding carboxylic acids is 2. The molecule has 1 aliphatic rings. The third-order valence-corrected chi connectivity index (χ3v) is 5.61. The van der Waals surface area contributed by atoms with Gasteiger partial charge in [0.15, 0.2) is 0 Å². The van der Waals surface area contributed by atoms with Gasteiger partial charge in [0.25, 0.3) is 5.91 Å². The van der Waals surface area contributed by atoms with Gasteiger partial charge in [0, 0.05) is 34.3 Å². The number of benzene rings is 1. The van der Waals surface area contributed by atoms with Crippen molar-refractivity contribution >= 4 is 29.4 Å². The number of thioether (sulfide) groups is 1. The van der Waals surface area contributed by atoms with Crippen LogP contribution >= 0.6 is 11.8 Å². The third-order valence-electron chi connectivity index (χ3n) is 4.34. The van der Waals surface area contributed by atoms with Gasteiger partial charge in [-0.1, -0.05) is 6.07 Å². The van der Waals surface area contributed by atoms with E-state index in [0.29, 0.717) is 11.3 Å². The van der Waals surface area contributed by atoms with Crippen molar-refractivity contribution in [3.05, 3.63) is 53.3 Å². The highest BCUT2D eigenvalue weighted by molar-refractivity contribution is 7.99. The molecule has 3 rings (SSSR count). The molecule has 2 N–H and O–H groups in total. The fraction of sp³-hybridized carbons (Fsp3) is 0.381. The lowest BCUT2D eigenvalue weighted by Gasteiger charge is -2.29. The van der Waals surface area contributed by atoms with Gasteiger partial charge < -0.3 is 15.4 Å². The topological polar surface area (TPSA) is 80.3 Å². The van der Waals surface area contributed by atoms with Gasteiger partial charge in [0.2, 0.25) is 0 Å². The number of fused-ring (bicyclic) bond motifs is 1. The second-order valence-electron chi connectivity index (χ2n) is 7.68. The number of nitrogens with one attached hydrogen (secondary N) is 2. The highest BCUT2D eigenvalue weighted by Gasteiger charge is 2.27. The number of alkyl carbamates (subject to hydrolysis) is 1. The Hall–Kier alpha value is -2.54. The Morgan fingerprint density at radius 2 is 1.89 bits per heavy atom. The average Bonchev–Trinajstić information content (AvgIpc) is 2.61. The number of anilines is 1. The van der Waals surface area contributed by atoms with Gasteiger partial charge in [0.05, 0.1) is 6.04 Å². The van der Waals surface area contributed by atoms with Gasteiger partial charge in [-0.3, -0.25) is 9.78 Å². The molecule has 0 radical (unpaired) electrons. The Morgan fingerprint density at radius 1 is 1.18 bits per heavy atom. The first kappa shape index (κ1) is 20.2. The van der Waals surface area contributed by atoms with E-state index < -0.39 is 11.7 Å². The molecule has 0 saturated carbocycles. The summed E-state index contributed by atoms with van der Waals surface area (Å²) in [6.07, 6.45) is 3.67. The van der Waals surface area contributed by atoms with Crippen LogP contribution in [-0.4, -0.2) is 28.3 Å². The molecule has 1 aromatic heterocycles. The summed E-state index contributed by atoms with van der Waals surface area (Å²) in [4.78, 5) is 29.9. The number of hydrogen-bond acceptors (Lipinski definition) is 5. The molecule has 148 valence electrons. The van der Waals surface area contributed by atoms with Gasteiger partial charge in [-0.2, -0.15) is 0 Å². The minimum absolute atomic E-state index is 0.123. The zero-order valence-corrected chi connectivity index (χ0v) is 17.4. The number of hydrogen-bond donors (Lipinski definition) is 2. The van der Waals surface area contributed by atoms with E-state index in [1.807, 2.05) is 39.8 Å². The molecule has 0 spiro atoms. The van der Waals surface area contributed by atoms with Crippen molar-refractivity contribution in [2.24, 2.45) is 0 Å². The largest absolute Gasteiger partial charge is 0.444 e. The summed E-state index contributed by atoms with van der Waals surface area (Å²) in [5.74, 6) is 0.707. The summed E-state index contributed by atoms with van der Waals surface area (Å²) in [6, 6.07) is 7.13. The highest BCUT2D eigenvalue weighted by Crippen LogP contribution is 2.39. The summed E-state index contributed by atoms with van der Waals surface area (Å²) in [5.41, 5.74) is 2.74. The van der Waals surface area contributed by atoms with Crippen LogP contribution in [0.4, 0.5) is 10.5 Å². The molecule has 0 unspecified atom stereocenters. The van der Waals surface area contributed by atoms with Crippen LogP contribution in [0.25, 0.3) is 0 Å². The maximum atomic E-state index is 12.7. The first-order valence-electron chi connectivity index (χ1n) is 9.22. The van der Waals surface area contributed by atoms with Crippen molar-refractivity contribution in [2.45, 2.75) is 50.7 Å². The van der Waals surface area contributed by atoms with Gasteiger partial charge in [-0.25, -0.2) is 4.79 Å². The smallest absolute Gasteiger partial charge is 0.408 e. The normalized spacial score (nSPS) is 16.1. The molecular formula is C21H25N3O3S. The van der Waals surface area contributed by atoms with E-state index in [1.165, 1.54) is 0 Å². The molecule has 1 atom stereocenters. The third kappa shape index (κ3) is 4.84. The molecular weight excluding hydrogens is 374 g/mol. The van der Waals surface area contributed by atoms with Crippen LogP contribution in [-0.2, 0) is 4.74 Å². The Kier molecular flexibility index (Phi) is 5.93. The molecule has 1 aliphatic heterocycles. The molecule has 2 aromatic rings. The number of rotatable bonds is 3. The molecule has 0 saturated heterocycles. The average molecular weight is 400 g/mol. The maximum absolute atomic E-state index is 12.7. The van der Waals surface area contributed by atoms with Crippen molar-refractivity contribution in [1.82, 2.24) is 10.3 Å². The van der Waals surface area contributed by atoms with Crippen LogP contribution in [0.2, 0.25) is 0 Å². The Balaban J connectivity index is 1.80. The maximum Gasteiger partial charge on any atom is 0.408 e. The van der Waals surface area contributed by atoms with E-state index in [9.17, 15) is 9.59 Å². The molecule has 0 fully saturated rings. The minimum Gasteiger partial charge on any atom is -0.444 e. The fourth-order valence-corrected chi connectivity index (χ4v) is 4.35. The number of ether oxygens (including phenoxy) is 1. The van der Waals surface area contributed by atoms with E-state index in [1.54, 1.807) is 36.3 Å². The molecule has 2 heterocycles. The number of amides is 2. The van der Waals surface area contributed by atoms with Gasteiger partial charge in [-0.05, 0) is 63.4 Å². The van der Waals surface area contributed by atoms with Gasteiger partial charge >= 0.3 is 6.09 Å². The van der Waals surface area contributed by atoms with E-state index >= 15 is 0 Å². The van der Waals surface area contributed by atoms with Crippen molar-refractivity contribution in [3.63, 3.8) is 0 Å². The first-order valence-corrected chi connectivity index (χ1v) is 10.2. The van der Waals surface area contributed by atoms with E-state index in [2.05, 4.69) is 15.6 Å². The number of carbonyl (C=O) groups is 2. The monoisotopic (exact) mass is 399 g/mol. The van der Waals surface area contributed by atoms with Crippen molar-refractivity contribution in [3.8, 4) is 0 Å². The lowest BCUT2D eigenvalue weighted by Crippen LogP contribution is -2.36. The zero-order valence-electron chi connectivity index (χ0n) is 16.5. The van der Waals surface area contributed by atoms with Gasteiger partial charge in [-0.15, -0.1) is 11.8 Å². The van der Waals surface area contributed by atoms with Crippen LogP contribution in [0.1, 0.15) is 54.7 Å². The van der Waals surface area contributed by atoms with E-state index in [0.717, 1.165) is 28.2 Å². The Morgan fingerprint density at radius 3 is 2.57 bits per heavy atom. The predicted molar refractivity (Wildman–Crippen MR) is 111 cm³/mol. The summed E-state index contributed by atoms with van der Waals surface area (Å²) in [6.45, 7) is 7.47. The van der Waals surface area contributed by atoms with Crippen LogP contribution in [0, 0.1) is 6.92 Å². The number of pyridine rings is 1. The molecule has 6 nitrogen and oxygen atoms in total. The SMILES string of the molecule is Cc1c(C(=O)Nc2ccncc2)ccc2c1SCC[C@@H]2NC(=O)OC(C)(C)C. The van der Waals surface area contributed by atoms with Crippen molar-refractivity contribution in [2.75, 3.05) is 11.1 Å². The Labute approximate surface area is 169 Å². The minimum atomic E-state index is -0.541. The second-order valence-corrected chi connectivity index (χ2v) is 8.79. The standard InChI is InChI=1S/C21H25N3O3S/c1-13-15(19(25)23-14-7-10-22-11-8-14)5-6-16-17(9-12-28-18(13)16)24-20(26)27-21(2,3)4/h5-8,10-11,17H,9,12H2,1-4H3,(H,24,26)(H,22,23,25)/t17-/m0/s1. The van der Waals surface area contributed by atoms with Crippen molar-refractivity contribution in [1.29, 1.82) is 0 Å². The molecule has 1 aromatic carbocycles. The first-order chi connectivity index (χ1) is 13.2. The lowest BCUT2D eigenvalue weighted by molar-refractivity contribution is 0.0501. The zero-order chi connectivity index (χ0) is 20.3. The molecule has 7 heteroatoms. The summed E-state index contributed by atoms with van der Waals surface area (Å²) >= 11 is 1.72. The molecule has 2 amide bonds. The summed E-state index contributed by atoms with van der Waals surface area (Å²) < 4.78 is 5.39. The van der Waals surface area contributed by atoms with Crippen LogP contribution in [0.5, 0.6) is 0 Å². The molecule has 28 heavy (non-hydrogen) atoms. The Bertz CT molecular complexity index is 878. The van der Waals surface area contributed by atoms with Crippen LogP contribution < -0.4 is 10.6 Å². The summed E-state index contributed by atoms with van der Waals surface area (Å²) in [7, 11) is 0. The quantitative estimate of drug-likeness (QED) is 0.782. The molecule has 0 bridgehead atoms.